The van der Waals surface area contributed by atoms with Gasteiger partial charge in [-0.3, -0.25) is 0 Å². The van der Waals surface area contributed by atoms with Gasteiger partial charge in [0.15, 0.2) is 0 Å². The molecular formula is C32H34N2O2. The first-order valence-electron chi connectivity index (χ1n) is 12.5. The summed E-state index contributed by atoms with van der Waals surface area (Å²) >= 11 is 0. The Labute approximate surface area is 214 Å². The summed E-state index contributed by atoms with van der Waals surface area (Å²) < 4.78 is 12.0. The van der Waals surface area contributed by atoms with Crippen LogP contribution in [0.2, 0.25) is 0 Å². The molecule has 0 aromatic heterocycles. The number of nitrogens with two attached hydrogens (primary N) is 2. The lowest BCUT2D eigenvalue weighted by Gasteiger charge is -2.19. The van der Waals surface area contributed by atoms with E-state index in [1.54, 1.807) is 0 Å². The fraction of sp³-hybridized carbons (Fsp3) is 0.188. The van der Waals surface area contributed by atoms with Crippen LogP contribution in [0.4, 0.5) is 0 Å². The lowest BCUT2D eigenvalue weighted by molar-refractivity contribution is 0.313. The van der Waals surface area contributed by atoms with Gasteiger partial charge in [-0.2, -0.15) is 0 Å². The molecule has 4 aromatic carbocycles. The highest BCUT2D eigenvalue weighted by atomic mass is 16.5. The average Bonchev–Trinajstić information content (AvgIpc) is 2.93. The summed E-state index contributed by atoms with van der Waals surface area (Å²) in [5.41, 5.74) is 18.0. The predicted molar refractivity (Wildman–Crippen MR) is 149 cm³/mol. The smallest absolute Gasteiger partial charge is 0.119 e. The first kappa shape index (κ1) is 25.2. The Morgan fingerprint density at radius 2 is 0.861 bits per heavy atom. The fourth-order valence-corrected chi connectivity index (χ4v) is 4.15. The van der Waals surface area contributed by atoms with E-state index in [1.807, 2.05) is 36.4 Å². The summed E-state index contributed by atoms with van der Waals surface area (Å²) in [7, 11) is 0. The van der Waals surface area contributed by atoms with Crippen molar-refractivity contribution in [3.05, 3.63) is 131 Å². The van der Waals surface area contributed by atoms with Crippen LogP contribution in [-0.4, -0.2) is 26.3 Å². The third-order valence-electron chi connectivity index (χ3n) is 5.85. The minimum Gasteiger partial charge on any atom is -0.494 e. The van der Waals surface area contributed by atoms with E-state index >= 15 is 0 Å². The zero-order valence-electron chi connectivity index (χ0n) is 20.6. The summed E-state index contributed by atoms with van der Waals surface area (Å²) in [5.74, 6) is 1.67. The lowest BCUT2D eigenvalue weighted by Crippen LogP contribution is -2.06. The van der Waals surface area contributed by atoms with E-state index in [0.717, 1.165) is 57.7 Å². The molecule has 4 nitrogen and oxygen atoms in total. The summed E-state index contributed by atoms with van der Waals surface area (Å²) in [6, 6.07) is 37.6. The molecule has 4 N–H and O–H groups in total. The highest BCUT2D eigenvalue weighted by Crippen LogP contribution is 2.38. The van der Waals surface area contributed by atoms with E-state index in [-0.39, 0.29) is 0 Å². The Kier molecular flexibility index (Phi) is 9.32. The minimum absolute atomic E-state index is 0.595. The molecule has 0 heterocycles. The van der Waals surface area contributed by atoms with Gasteiger partial charge in [0.1, 0.15) is 11.5 Å². The molecule has 0 aliphatic rings. The fourth-order valence-electron chi connectivity index (χ4n) is 4.15. The van der Waals surface area contributed by atoms with Crippen molar-refractivity contribution < 1.29 is 9.47 Å². The molecule has 0 spiro atoms. The number of hydrogen-bond acceptors (Lipinski definition) is 4. The molecule has 4 aromatic rings. The molecule has 4 rings (SSSR count). The topological polar surface area (TPSA) is 70.5 Å². The van der Waals surface area contributed by atoms with Crippen molar-refractivity contribution >= 4 is 11.1 Å². The van der Waals surface area contributed by atoms with Gasteiger partial charge in [-0.05, 0) is 83.6 Å². The molecular weight excluding hydrogens is 444 g/mol. The molecule has 0 saturated carbocycles. The predicted octanol–water partition coefficient (Wildman–Crippen LogP) is 6.15. The van der Waals surface area contributed by atoms with Gasteiger partial charge < -0.3 is 20.9 Å². The second-order valence-electron chi connectivity index (χ2n) is 8.52. The number of benzene rings is 4. The van der Waals surface area contributed by atoms with Crippen molar-refractivity contribution in [2.24, 2.45) is 11.5 Å². The van der Waals surface area contributed by atoms with Crippen molar-refractivity contribution in [1.29, 1.82) is 0 Å². The monoisotopic (exact) mass is 478 g/mol. The molecule has 0 aliphatic carbocycles. The van der Waals surface area contributed by atoms with Crippen LogP contribution in [0.25, 0.3) is 11.1 Å². The Balaban J connectivity index is 1.91. The number of ether oxygens (including phenoxy) is 2. The third kappa shape index (κ3) is 6.63. The van der Waals surface area contributed by atoms with Crippen molar-refractivity contribution in [1.82, 2.24) is 0 Å². The summed E-state index contributed by atoms with van der Waals surface area (Å²) in [6.45, 7) is 2.41. The van der Waals surface area contributed by atoms with E-state index in [9.17, 15) is 0 Å². The van der Waals surface area contributed by atoms with Gasteiger partial charge in [0, 0.05) is 0 Å². The zero-order valence-corrected chi connectivity index (χ0v) is 20.6. The van der Waals surface area contributed by atoms with E-state index in [1.165, 1.54) is 0 Å². The quantitative estimate of drug-likeness (QED) is 0.189. The standard InChI is InChI=1S/C32H34N2O2/c33-19-9-21-35-29-17-7-15-27(23-29)31(25-11-3-1-4-12-25)32(26-13-5-2-6-14-26)28-16-8-18-30(24-28)36-22-10-20-34/h1-8,11-18,23-24H,9-10,19-22,33-34H2/b32-31+. The van der Waals surface area contributed by atoms with E-state index < -0.39 is 0 Å². The second kappa shape index (κ2) is 13.3. The highest BCUT2D eigenvalue weighted by Gasteiger charge is 2.17. The maximum atomic E-state index is 6.01. The van der Waals surface area contributed by atoms with Crippen molar-refractivity contribution in [2.75, 3.05) is 26.3 Å². The van der Waals surface area contributed by atoms with E-state index in [2.05, 4.69) is 72.8 Å². The van der Waals surface area contributed by atoms with Gasteiger partial charge in [0.05, 0.1) is 13.2 Å². The van der Waals surface area contributed by atoms with Gasteiger partial charge in [-0.15, -0.1) is 0 Å². The van der Waals surface area contributed by atoms with Crippen molar-refractivity contribution in [3.63, 3.8) is 0 Å². The molecule has 0 radical (unpaired) electrons. The molecule has 4 heteroatoms. The van der Waals surface area contributed by atoms with E-state index in [0.29, 0.717) is 26.3 Å². The van der Waals surface area contributed by atoms with Gasteiger partial charge in [0.2, 0.25) is 0 Å². The first-order valence-corrected chi connectivity index (χ1v) is 12.5. The Hall–Kier alpha value is -3.86. The maximum absolute atomic E-state index is 6.01. The summed E-state index contributed by atoms with van der Waals surface area (Å²) in [4.78, 5) is 0. The van der Waals surface area contributed by atoms with Crippen LogP contribution in [0.5, 0.6) is 11.5 Å². The SMILES string of the molecule is NCCCOc1cccc(/C(=C(\c2ccccc2)c2cccc(OCCCN)c2)c2ccccc2)c1. The highest BCUT2D eigenvalue weighted by molar-refractivity contribution is 6.04. The van der Waals surface area contributed by atoms with Gasteiger partial charge in [0.25, 0.3) is 0 Å². The van der Waals surface area contributed by atoms with Gasteiger partial charge >= 0.3 is 0 Å². The van der Waals surface area contributed by atoms with Gasteiger partial charge in [-0.25, -0.2) is 0 Å². The van der Waals surface area contributed by atoms with Gasteiger partial charge in [-0.1, -0.05) is 84.9 Å². The van der Waals surface area contributed by atoms with Crippen LogP contribution in [0.15, 0.2) is 109 Å². The van der Waals surface area contributed by atoms with Crippen LogP contribution < -0.4 is 20.9 Å². The minimum atomic E-state index is 0.595. The van der Waals surface area contributed by atoms with Crippen LogP contribution in [-0.2, 0) is 0 Å². The Morgan fingerprint density at radius 1 is 0.472 bits per heavy atom. The molecule has 0 atom stereocenters. The van der Waals surface area contributed by atoms with E-state index in [4.69, 9.17) is 20.9 Å². The number of rotatable bonds is 12. The van der Waals surface area contributed by atoms with Crippen molar-refractivity contribution in [2.45, 2.75) is 12.8 Å². The number of hydrogen-bond donors (Lipinski definition) is 2. The van der Waals surface area contributed by atoms with Crippen molar-refractivity contribution in [3.8, 4) is 11.5 Å². The summed E-state index contributed by atoms with van der Waals surface area (Å²) in [6.07, 6.45) is 1.63. The Bertz CT molecular complexity index is 1150. The molecule has 36 heavy (non-hydrogen) atoms. The zero-order chi connectivity index (χ0) is 25.0. The normalized spacial score (nSPS) is 11.6. The third-order valence-corrected chi connectivity index (χ3v) is 5.85. The molecule has 0 saturated heterocycles. The van der Waals surface area contributed by atoms with Crippen LogP contribution in [0, 0.1) is 0 Å². The first-order chi connectivity index (χ1) is 17.8. The lowest BCUT2D eigenvalue weighted by atomic mass is 9.85. The second-order valence-corrected chi connectivity index (χ2v) is 8.52. The molecule has 0 amide bonds. The van der Waals surface area contributed by atoms with Crippen LogP contribution in [0.3, 0.4) is 0 Å². The molecule has 0 aliphatic heterocycles. The van der Waals surface area contributed by atoms with Crippen LogP contribution >= 0.6 is 0 Å². The molecule has 0 bridgehead atoms. The summed E-state index contributed by atoms with van der Waals surface area (Å²) in [5, 5.41) is 0. The maximum Gasteiger partial charge on any atom is 0.119 e. The average molecular weight is 479 g/mol. The molecule has 0 unspecified atom stereocenters. The molecule has 0 fully saturated rings. The Morgan fingerprint density at radius 3 is 1.25 bits per heavy atom. The largest absolute Gasteiger partial charge is 0.494 e. The van der Waals surface area contributed by atoms with Crippen LogP contribution in [0.1, 0.15) is 35.1 Å². The molecule has 184 valence electrons.